The first-order chi connectivity index (χ1) is 3.77. The Kier molecular flexibility index (Phi) is 2.69. The van der Waals surface area contributed by atoms with Crippen LogP contribution in [0.1, 0.15) is 6.42 Å². The van der Waals surface area contributed by atoms with Crippen molar-refractivity contribution in [2.24, 2.45) is 0 Å². The lowest BCUT2D eigenvalue weighted by Gasteiger charge is -2.40. The lowest BCUT2D eigenvalue weighted by molar-refractivity contribution is 1.04. The van der Waals surface area contributed by atoms with E-state index in [1.807, 2.05) is 0 Å². The fourth-order valence-electron chi connectivity index (χ4n) is 0.655. The molecule has 0 amide bonds. The van der Waals surface area contributed by atoms with E-state index < -0.39 is 9.24 Å². The first-order valence-corrected chi connectivity index (χ1v) is 7.24. The van der Waals surface area contributed by atoms with Crippen LogP contribution in [0.25, 0.3) is 0 Å². The van der Waals surface area contributed by atoms with Gasteiger partial charge in [0.2, 0.25) is 0 Å². The van der Waals surface area contributed by atoms with E-state index in [1.165, 1.54) is 28.9 Å². The Morgan fingerprint density at radius 2 is 2.12 bits per heavy atom. The lowest BCUT2D eigenvalue weighted by Crippen LogP contribution is -2.17. The summed E-state index contributed by atoms with van der Waals surface area (Å²) >= 11 is 0. The highest BCUT2D eigenvalue weighted by Gasteiger charge is 2.28. The van der Waals surface area contributed by atoms with Gasteiger partial charge in [0.05, 0.1) is 5.08 Å². The molecular weight excluding hydrogens is 183 g/mol. The van der Waals surface area contributed by atoms with Gasteiger partial charge < -0.3 is 0 Å². The first-order valence-electron chi connectivity index (χ1n) is 2.46. The van der Waals surface area contributed by atoms with Crippen LogP contribution in [0.2, 0.25) is 0 Å². The van der Waals surface area contributed by atoms with E-state index in [9.17, 15) is 0 Å². The Balaban J connectivity index is 2.20. The van der Waals surface area contributed by atoms with Crippen molar-refractivity contribution in [2.45, 2.75) is 6.42 Å². The zero-order valence-electron chi connectivity index (χ0n) is 4.40. The van der Waals surface area contributed by atoms with Crippen LogP contribution in [-0.4, -0.2) is 16.6 Å². The van der Waals surface area contributed by atoms with Gasteiger partial charge in [0.1, 0.15) is 0 Å². The summed E-state index contributed by atoms with van der Waals surface area (Å²) in [6.45, 7) is 0. The standard InChI is InChI=1S/C4H8Cl2S2/c5-7-4-8(6)2-1-3-8/h1-4H2. The quantitative estimate of drug-likeness (QED) is 0.645. The molecule has 0 nitrogen and oxygen atoms in total. The number of halogens is 2. The van der Waals surface area contributed by atoms with E-state index in [2.05, 4.69) is 0 Å². The minimum atomic E-state index is -0.686. The van der Waals surface area contributed by atoms with Crippen LogP contribution in [0.3, 0.4) is 0 Å². The van der Waals surface area contributed by atoms with Crippen molar-refractivity contribution in [3.8, 4) is 0 Å². The largest absolute Gasteiger partial charge is 0.152 e. The number of rotatable bonds is 2. The Labute approximate surface area is 64.6 Å². The van der Waals surface area contributed by atoms with Crippen molar-refractivity contribution < 1.29 is 0 Å². The van der Waals surface area contributed by atoms with E-state index >= 15 is 0 Å². The molecule has 1 aliphatic rings. The van der Waals surface area contributed by atoms with Crippen molar-refractivity contribution in [2.75, 3.05) is 16.6 Å². The van der Waals surface area contributed by atoms with Gasteiger partial charge in [-0.15, -0.1) is 0 Å². The normalized spacial score (nSPS) is 28.8. The third-order valence-electron chi connectivity index (χ3n) is 1.28. The SMILES string of the molecule is ClSCS1(Cl)CCC1. The second-order valence-corrected chi connectivity index (χ2v) is 8.40. The van der Waals surface area contributed by atoms with Crippen molar-refractivity contribution in [1.82, 2.24) is 0 Å². The van der Waals surface area contributed by atoms with Crippen molar-refractivity contribution >= 4 is 41.6 Å². The third-order valence-corrected chi connectivity index (χ3v) is 7.89. The molecule has 50 valence electrons. The Morgan fingerprint density at radius 1 is 1.50 bits per heavy atom. The molecule has 0 spiro atoms. The zero-order chi connectivity index (χ0) is 6.04. The molecule has 1 fully saturated rings. The topological polar surface area (TPSA) is 0 Å². The summed E-state index contributed by atoms with van der Waals surface area (Å²) in [5, 5.41) is 0.982. The van der Waals surface area contributed by atoms with E-state index in [-0.39, 0.29) is 0 Å². The number of hydrogen-bond donors (Lipinski definition) is 0. The summed E-state index contributed by atoms with van der Waals surface area (Å²) in [6.07, 6.45) is 1.32. The molecule has 8 heavy (non-hydrogen) atoms. The molecule has 0 aromatic carbocycles. The maximum atomic E-state index is 6.09. The second-order valence-electron chi connectivity index (χ2n) is 1.93. The van der Waals surface area contributed by atoms with Crippen LogP contribution in [0.15, 0.2) is 0 Å². The molecule has 1 rings (SSSR count). The maximum Gasteiger partial charge on any atom is 0.0511 e. The molecular formula is C4H8Cl2S2. The average molecular weight is 191 g/mol. The minimum absolute atomic E-state index is 0.686. The molecule has 1 aliphatic heterocycles. The molecule has 0 unspecified atom stereocenters. The molecule has 0 bridgehead atoms. The summed E-state index contributed by atoms with van der Waals surface area (Å²) in [4.78, 5) is 0. The minimum Gasteiger partial charge on any atom is -0.152 e. The average Bonchev–Trinajstić information content (AvgIpc) is 1.64. The summed E-state index contributed by atoms with van der Waals surface area (Å²) in [5.74, 6) is 2.46. The van der Waals surface area contributed by atoms with E-state index in [0.29, 0.717) is 0 Å². The van der Waals surface area contributed by atoms with Crippen LogP contribution < -0.4 is 0 Å². The second kappa shape index (κ2) is 2.91. The van der Waals surface area contributed by atoms with Gasteiger partial charge in [-0.25, -0.2) is 0 Å². The van der Waals surface area contributed by atoms with Gasteiger partial charge in [-0.3, -0.25) is 0 Å². The van der Waals surface area contributed by atoms with Gasteiger partial charge in [0.15, 0.2) is 0 Å². The van der Waals surface area contributed by atoms with Gasteiger partial charge in [0, 0.05) is 0 Å². The highest BCUT2D eigenvalue weighted by Crippen LogP contribution is 2.63. The molecule has 4 heteroatoms. The predicted octanol–water partition coefficient (Wildman–Crippen LogP) is 3.19. The van der Waals surface area contributed by atoms with Crippen LogP contribution in [-0.2, 0) is 0 Å². The van der Waals surface area contributed by atoms with Crippen LogP contribution in [0.4, 0.5) is 0 Å². The van der Waals surface area contributed by atoms with Gasteiger partial charge in [0.25, 0.3) is 0 Å². The fourth-order valence-corrected chi connectivity index (χ4v) is 6.15. The van der Waals surface area contributed by atoms with Crippen LogP contribution in [0, 0.1) is 0 Å². The molecule has 0 atom stereocenters. The molecule has 0 aromatic heterocycles. The molecule has 0 N–H and O–H groups in total. The summed E-state index contributed by atoms with van der Waals surface area (Å²) < 4.78 is 0. The van der Waals surface area contributed by atoms with E-state index in [0.717, 1.165) is 5.08 Å². The monoisotopic (exact) mass is 190 g/mol. The Bertz CT molecular complexity index is 82.1. The lowest BCUT2D eigenvalue weighted by atomic mass is 10.5. The molecule has 0 aromatic rings. The third kappa shape index (κ3) is 1.63. The van der Waals surface area contributed by atoms with Gasteiger partial charge in [-0.05, 0) is 39.6 Å². The van der Waals surface area contributed by atoms with E-state index in [1.54, 1.807) is 0 Å². The van der Waals surface area contributed by atoms with Crippen molar-refractivity contribution in [3.05, 3.63) is 0 Å². The summed E-state index contributed by atoms with van der Waals surface area (Å²) in [7, 11) is 12.2. The summed E-state index contributed by atoms with van der Waals surface area (Å²) in [5.41, 5.74) is 0. The highest BCUT2D eigenvalue weighted by molar-refractivity contribution is 8.57. The van der Waals surface area contributed by atoms with Crippen LogP contribution >= 0.6 is 41.6 Å². The Morgan fingerprint density at radius 3 is 2.25 bits per heavy atom. The molecule has 1 saturated heterocycles. The van der Waals surface area contributed by atoms with E-state index in [4.69, 9.17) is 21.4 Å². The van der Waals surface area contributed by atoms with Gasteiger partial charge in [-0.1, -0.05) is 10.7 Å². The highest BCUT2D eigenvalue weighted by atomic mass is 35.7. The van der Waals surface area contributed by atoms with Gasteiger partial charge in [-0.2, -0.15) is 9.24 Å². The molecule has 0 radical (unpaired) electrons. The molecule has 1 heterocycles. The van der Waals surface area contributed by atoms with Gasteiger partial charge >= 0.3 is 0 Å². The van der Waals surface area contributed by atoms with Crippen molar-refractivity contribution in [1.29, 1.82) is 0 Å². The Hall–Kier alpha value is 1.28. The number of hydrogen-bond acceptors (Lipinski definition) is 1. The fraction of sp³-hybridized carbons (Fsp3) is 1.00. The predicted molar refractivity (Wildman–Crippen MR) is 46.1 cm³/mol. The first kappa shape index (κ1) is 7.39. The maximum absolute atomic E-state index is 6.09. The van der Waals surface area contributed by atoms with Crippen molar-refractivity contribution in [3.63, 3.8) is 0 Å². The van der Waals surface area contributed by atoms with Crippen LogP contribution in [0.5, 0.6) is 0 Å². The molecule has 0 aliphatic carbocycles. The smallest absolute Gasteiger partial charge is 0.0511 e. The molecule has 0 saturated carbocycles. The zero-order valence-corrected chi connectivity index (χ0v) is 7.55. The summed E-state index contributed by atoms with van der Waals surface area (Å²) in [6, 6.07) is 0.